The van der Waals surface area contributed by atoms with E-state index in [1.807, 2.05) is 75.8 Å². The van der Waals surface area contributed by atoms with Crippen LogP contribution >= 0.6 is 0 Å². The van der Waals surface area contributed by atoms with E-state index in [0.29, 0.717) is 0 Å². The molecule has 1 unspecified atom stereocenters. The van der Waals surface area contributed by atoms with E-state index in [4.69, 9.17) is 35.4 Å². The summed E-state index contributed by atoms with van der Waals surface area (Å²) in [5.41, 5.74) is 0. The molecule has 0 aliphatic carbocycles. The molecule has 1 N–H and O–H groups in total. The van der Waals surface area contributed by atoms with Gasteiger partial charge in [-0.3, -0.25) is 0 Å². The molecule has 0 radical (unpaired) electrons. The second-order valence-electron chi connectivity index (χ2n) is 14.8. The number of hydrogen-bond acceptors (Lipinski definition) is 9. The Morgan fingerprint density at radius 3 is 0.698 bits per heavy atom. The van der Waals surface area contributed by atoms with Crippen molar-refractivity contribution in [2.45, 2.75) is 78.6 Å². The molecule has 0 bridgehead atoms. The Bertz CT molecular complexity index is 1190. The average molecular weight is 846 g/mol. The molecular weight excluding hydrogens is 769 g/mol. The zero-order chi connectivity index (χ0) is 42.0. The summed E-state index contributed by atoms with van der Waals surface area (Å²) >= 11 is 0. The molecule has 306 valence electrons. The predicted molar refractivity (Wildman–Crippen MR) is 241 cm³/mol. The SMILES string of the molecule is CO[Si](C)(C)C.CO[Si](C)(C)C.CO[Si](C)(C)OC.CO[Si](C)(C)OC.CO[Si](C)(O)c1ccccc1.CO[Si](C)(c1ccccc1)c1ccccc1. The smallest absolute Gasteiger partial charge is 0.366 e. The molecule has 0 aromatic heterocycles. The molecule has 0 aliphatic heterocycles. The molecule has 0 spiro atoms. The van der Waals surface area contributed by atoms with Gasteiger partial charge in [-0.05, 0) is 94.1 Å². The minimum Gasteiger partial charge on any atom is -0.421 e. The molecule has 1 atom stereocenters. The van der Waals surface area contributed by atoms with Crippen LogP contribution in [0.2, 0.25) is 78.6 Å². The Morgan fingerprint density at radius 2 is 0.547 bits per heavy atom. The monoisotopic (exact) mass is 844 g/mol. The van der Waals surface area contributed by atoms with E-state index in [9.17, 15) is 4.80 Å². The van der Waals surface area contributed by atoms with Crippen LogP contribution in [0.1, 0.15) is 0 Å². The molecule has 15 heteroatoms. The maximum absolute atomic E-state index is 9.71. The molecule has 0 aliphatic rings. The second kappa shape index (κ2) is 28.1. The largest absolute Gasteiger partial charge is 0.421 e. The summed E-state index contributed by atoms with van der Waals surface area (Å²) in [7, 11) is 3.50. The minimum atomic E-state index is -2.55. The van der Waals surface area contributed by atoms with Crippen molar-refractivity contribution in [2.75, 3.05) is 56.9 Å². The van der Waals surface area contributed by atoms with Gasteiger partial charge >= 0.3 is 25.7 Å². The third-order valence-electron chi connectivity index (χ3n) is 7.96. The van der Waals surface area contributed by atoms with Gasteiger partial charge in [-0.1, -0.05) is 91.0 Å². The van der Waals surface area contributed by atoms with Crippen LogP contribution < -0.4 is 15.6 Å². The van der Waals surface area contributed by atoms with Gasteiger partial charge in [-0.15, -0.1) is 0 Å². The van der Waals surface area contributed by atoms with Crippen molar-refractivity contribution in [3.63, 3.8) is 0 Å². The summed E-state index contributed by atoms with van der Waals surface area (Å²) < 4.78 is 41.0. The van der Waals surface area contributed by atoms with Gasteiger partial charge in [0.05, 0.1) is 0 Å². The van der Waals surface area contributed by atoms with Gasteiger partial charge in [0, 0.05) is 56.9 Å². The Labute approximate surface area is 331 Å². The Kier molecular flexibility index (Phi) is 29.6. The van der Waals surface area contributed by atoms with Crippen LogP contribution in [-0.2, 0) is 35.4 Å². The van der Waals surface area contributed by atoms with Crippen LogP contribution in [0.3, 0.4) is 0 Å². The Balaban J connectivity index is -0.000000597. The first-order valence-corrected chi connectivity index (χ1v) is 34.8. The standard InChI is InChI=1S/C14H16OSi.C8H12O2Si.2C4H12O2Si.2C4H12OSi/c1-15-16(2,13-9-5-3-6-10-13)14-11-7-4-8-12-14;1-10-11(2,9)8-6-4-3-5-7-8;2*1-5-7(3,4)6-2;2*1-5-6(2,3)4/h3-12H,1-2H3;3-7,9H,1-2H3;2*1-4H3;2*1-4H3. The minimum absolute atomic E-state index is 0.905. The van der Waals surface area contributed by atoms with Gasteiger partial charge in [0.1, 0.15) is 0 Å². The number of rotatable bonds is 11. The number of benzene rings is 3. The van der Waals surface area contributed by atoms with Gasteiger partial charge in [0.2, 0.25) is 0 Å². The first-order valence-electron chi connectivity index (χ1n) is 17.6. The summed E-state index contributed by atoms with van der Waals surface area (Å²) in [5, 5.41) is 3.52. The van der Waals surface area contributed by atoms with Crippen LogP contribution in [-0.4, -0.2) is 112 Å². The molecule has 3 rings (SSSR count). The van der Waals surface area contributed by atoms with E-state index in [0.717, 1.165) is 5.19 Å². The molecule has 0 amide bonds. The molecule has 0 saturated carbocycles. The lowest BCUT2D eigenvalue weighted by atomic mass is 10.4. The highest BCUT2D eigenvalue weighted by atomic mass is 28.4. The van der Waals surface area contributed by atoms with Gasteiger partial charge in [-0.25, -0.2) is 0 Å². The van der Waals surface area contributed by atoms with Gasteiger partial charge in [0.25, 0.3) is 8.32 Å². The van der Waals surface area contributed by atoms with Crippen LogP contribution in [0, 0.1) is 0 Å². The van der Waals surface area contributed by atoms with E-state index in [1.54, 1.807) is 56.3 Å². The van der Waals surface area contributed by atoms with E-state index < -0.39 is 50.6 Å². The van der Waals surface area contributed by atoms with Gasteiger partial charge in [0.15, 0.2) is 16.6 Å². The lowest BCUT2D eigenvalue weighted by Gasteiger charge is -2.26. The van der Waals surface area contributed by atoms with Crippen molar-refractivity contribution in [3.8, 4) is 0 Å². The fraction of sp³-hybridized carbons (Fsp3) is 0.526. The van der Waals surface area contributed by atoms with Crippen LogP contribution in [0.25, 0.3) is 0 Å². The van der Waals surface area contributed by atoms with Gasteiger partial charge in [-0.2, -0.15) is 0 Å². The van der Waals surface area contributed by atoms with E-state index in [-0.39, 0.29) is 0 Å². The second-order valence-corrected chi connectivity index (χ2v) is 37.9. The van der Waals surface area contributed by atoms with Crippen LogP contribution in [0.4, 0.5) is 0 Å². The van der Waals surface area contributed by atoms with Crippen molar-refractivity contribution in [1.29, 1.82) is 0 Å². The third-order valence-corrected chi connectivity index (χ3v) is 20.2. The summed E-state index contributed by atoms with van der Waals surface area (Å²) in [5.74, 6) is 0. The highest BCUT2D eigenvalue weighted by Crippen LogP contribution is 2.06. The van der Waals surface area contributed by atoms with Crippen molar-refractivity contribution in [1.82, 2.24) is 0 Å². The molecule has 9 nitrogen and oxygen atoms in total. The van der Waals surface area contributed by atoms with E-state index in [1.165, 1.54) is 10.4 Å². The quantitative estimate of drug-likeness (QED) is 0.197. The third kappa shape index (κ3) is 28.6. The maximum atomic E-state index is 9.71. The lowest BCUT2D eigenvalue weighted by molar-refractivity contribution is 0.257. The van der Waals surface area contributed by atoms with Crippen molar-refractivity contribution in [3.05, 3.63) is 91.0 Å². The first-order chi connectivity index (χ1) is 24.3. The highest BCUT2D eigenvalue weighted by molar-refractivity contribution is 6.96. The molecule has 0 saturated heterocycles. The average Bonchev–Trinajstić information content (AvgIpc) is 3.16. The lowest BCUT2D eigenvalue weighted by Crippen LogP contribution is -2.57. The highest BCUT2D eigenvalue weighted by Gasteiger charge is 2.32. The summed E-state index contributed by atoms with van der Waals surface area (Å²) in [6.45, 7) is 24.9. The predicted octanol–water partition coefficient (Wildman–Crippen LogP) is 7.52. The summed E-state index contributed by atoms with van der Waals surface area (Å²) in [4.78, 5) is 9.71. The van der Waals surface area contributed by atoms with Crippen LogP contribution in [0.15, 0.2) is 91.0 Å². The molecular formula is C38H76O9Si6. The van der Waals surface area contributed by atoms with E-state index in [2.05, 4.69) is 94.4 Å². The molecule has 0 heterocycles. The van der Waals surface area contributed by atoms with Crippen molar-refractivity contribution in [2.24, 2.45) is 0 Å². The molecule has 0 fully saturated rings. The zero-order valence-corrected chi connectivity index (χ0v) is 42.9. The topological polar surface area (TPSA) is 94.1 Å². The Morgan fingerprint density at radius 1 is 0.321 bits per heavy atom. The fourth-order valence-corrected chi connectivity index (χ4v) is 6.79. The van der Waals surface area contributed by atoms with Gasteiger partial charge < -0.3 is 40.2 Å². The van der Waals surface area contributed by atoms with Crippen LogP contribution in [0.5, 0.6) is 0 Å². The zero-order valence-electron chi connectivity index (χ0n) is 36.9. The maximum Gasteiger partial charge on any atom is 0.366 e. The Hall–Kier alpha value is -1.40. The summed E-state index contributed by atoms with van der Waals surface area (Å²) in [6.07, 6.45) is 0. The van der Waals surface area contributed by atoms with E-state index >= 15 is 0 Å². The molecule has 3 aromatic carbocycles. The van der Waals surface area contributed by atoms with Crippen molar-refractivity contribution < 1.29 is 40.2 Å². The summed E-state index contributed by atoms with van der Waals surface area (Å²) in [6, 6.07) is 30.5. The number of hydrogen-bond donors (Lipinski definition) is 1. The molecule has 53 heavy (non-hydrogen) atoms. The van der Waals surface area contributed by atoms with Crippen molar-refractivity contribution >= 4 is 66.2 Å². The first kappa shape index (κ1) is 55.9. The normalized spacial score (nSPS) is 12.6. The fourth-order valence-electron chi connectivity index (χ4n) is 2.95. The molecule has 3 aromatic rings.